The summed E-state index contributed by atoms with van der Waals surface area (Å²) in [6.45, 7) is 0.988. The van der Waals surface area contributed by atoms with Gasteiger partial charge in [-0.05, 0) is 0 Å². The van der Waals surface area contributed by atoms with Gasteiger partial charge in [-0.3, -0.25) is 0 Å². The van der Waals surface area contributed by atoms with Crippen LogP contribution in [0.25, 0.3) is 0 Å². The van der Waals surface area contributed by atoms with Gasteiger partial charge in [0.25, 0.3) is 0 Å². The molecule has 0 N–H and O–H groups in total. The fourth-order valence-electron chi connectivity index (χ4n) is 1.03. The van der Waals surface area contributed by atoms with Crippen LogP contribution in [0.5, 0.6) is 0 Å². The first kappa shape index (κ1) is 13.1. The number of hydrogen-bond donors (Lipinski definition) is 0. The average Bonchev–Trinajstić information content (AvgIpc) is 2.06. The Labute approximate surface area is 82.4 Å². The first-order valence-electron chi connectivity index (χ1n) is 4.35. The Bertz CT molecular complexity index is 135. The molecule has 0 aliphatic carbocycles. The third-order valence-corrected chi connectivity index (χ3v) is 4.72. The second kappa shape index (κ2) is 5.07. The van der Waals surface area contributed by atoms with E-state index in [1.807, 2.05) is 0 Å². The van der Waals surface area contributed by atoms with Crippen molar-refractivity contribution in [1.82, 2.24) is 0 Å². The summed E-state index contributed by atoms with van der Waals surface area (Å²) in [5.41, 5.74) is 0. The second-order valence-corrected chi connectivity index (χ2v) is 7.15. The molecule has 0 aromatic rings. The quantitative estimate of drug-likeness (QED) is 0.472. The molecule has 0 radical (unpaired) electrons. The summed E-state index contributed by atoms with van der Waals surface area (Å²) in [4.78, 5) is 0. The van der Waals surface area contributed by atoms with Gasteiger partial charge >= 0.3 is 8.80 Å². The molecule has 0 spiro atoms. The van der Waals surface area contributed by atoms with Gasteiger partial charge in [-0.2, -0.15) is 0 Å². The van der Waals surface area contributed by atoms with Crippen LogP contribution in [0.4, 0.5) is 0 Å². The molecule has 0 fully saturated rings. The van der Waals surface area contributed by atoms with Crippen LogP contribution in [-0.2, 0) is 13.3 Å². The van der Waals surface area contributed by atoms with E-state index >= 15 is 0 Å². The molecular weight excluding hydrogens is 186 g/mol. The van der Waals surface area contributed by atoms with Gasteiger partial charge in [0.05, 0.1) is 33.7 Å². The first-order chi connectivity index (χ1) is 5.89. The van der Waals surface area contributed by atoms with Crippen LogP contribution in [0.3, 0.4) is 0 Å². The summed E-state index contributed by atoms with van der Waals surface area (Å²) in [7, 11) is 9.02. The zero-order valence-electron chi connectivity index (χ0n) is 9.59. The molecule has 0 saturated heterocycles. The van der Waals surface area contributed by atoms with Crippen LogP contribution in [0.15, 0.2) is 0 Å². The van der Waals surface area contributed by atoms with Crippen LogP contribution in [0.1, 0.15) is 0 Å². The monoisotopic (exact) mass is 208 g/mol. The lowest BCUT2D eigenvalue weighted by Gasteiger charge is -2.29. The number of hydrogen-bond acceptors (Lipinski definition) is 3. The van der Waals surface area contributed by atoms with Gasteiger partial charge in [-0.1, -0.05) is 0 Å². The second-order valence-electron chi connectivity index (χ2n) is 4.06. The highest BCUT2D eigenvalue weighted by Gasteiger charge is 2.39. The highest BCUT2D eigenvalue weighted by Crippen LogP contribution is 2.13. The normalized spacial score (nSPS) is 13.4. The van der Waals surface area contributed by atoms with Crippen molar-refractivity contribution >= 4 is 8.80 Å². The lowest BCUT2D eigenvalue weighted by molar-refractivity contribution is -0.868. The molecule has 0 aliphatic rings. The molecule has 0 rings (SSSR count). The Hall–Kier alpha value is 0.0569. The molecule has 5 heteroatoms. The molecule has 0 aromatic carbocycles. The fourth-order valence-corrected chi connectivity index (χ4v) is 3.09. The van der Waals surface area contributed by atoms with Crippen LogP contribution in [-0.4, -0.2) is 62.3 Å². The van der Waals surface area contributed by atoms with Gasteiger partial charge in [-0.15, -0.1) is 0 Å². The Balaban J connectivity index is 4.11. The van der Waals surface area contributed by atoms with E-state index in [2.05, 4.69) is 21.1 Å². The summed E-state index contributed by atoms with van der Waals surface area (Å²) in [5, 5.41) is 0. The molecule has 4 nitrogen and oxygen atoms in total. The molecule has 0 saturated carbocycles. The Morgan fingerprint density at radius 2 is 1.31 bits per heavy atom. The van der Waals surface area contributed by atoms with Gasteiger partial charge < -0.3 is 17.8 Å². The van der Waals surface area contributed by atoms with Crippen LogP contribution in [0, 0.1) is 0 Å². The Morgan fingerprint density at radius 1 is 0.923 bits per heavy atom. The van der Waals surface area contributed by atoms with Gasteiger partial charge in [0.2, 0.25) is 0 Å². The van der Waals surface area contributed by atoms with Crippen LogP contribution in [0.2, 0.25) is 6.04 Å². The highest BCUT2D eigenvalue weighted by atomic mass is 28.4. The smallest absolute Gasteiger partial charge is 0.377 e. The molecular formula is C8H22NO3Si+. The minimum Gasteiger partial charge on any atom is -0.377 e. The lowest BCUT2D eigenvalue weighted by atomic mass is 10.6. The predicted molar refractivity (Wildman–Crippen MR) is 54.5 cm³/mol. The number of nitrogens with zero attached hydrogens (tertiary/aromatic N) is 1. The van der Waals surface area contributed by atoms with E-state index < -0.39 is 8.80 Å². The first-order valence-corrected chi connectivity index (χ1v) is 6.28. The van der Waals surface area contributed by atoms with Crippen molar-refractivity contribution in [2.24, 2.45) is 0 Å². The molecule has 0 aromatic heterocycles. The topological polar surface area (TPSA) is 27.7 Å². The zero-order chi connectivity index (χ0) is 10.5. The molecule has 80 valence electrons. The maximum atomic E-state index is 5.32. The van der Waals surface area contributed by atoms with Crippen molar-refractivity contribution in [2.75, 3.05) is 49.0 Å². The molecule has 0 unspecified atom stereocenters. The highest BCUT2D eigenvalue weighted by molar-refractivity contribution is 6.60. The molecule has 0 amide bonds. The van der Waals surface area contributed by atoms with Crippen LogP contribution >= 0.6 is 0 Å². The molecule has 0 bridgehead atoms. The maximum Gasteiger partial charge on any atom is 0.505 e. The van der Waals surface area contributed by atoms with Crippen molar-refractivity contribution in [3.63, 3.8) is 0 Å². The van der Waals surface area contributed by atoms with E-state index in [4.69, 9.17) is 13.3 Å². The van der Waals surface area contributed by atoms with Crippen molar-refractivity contribution in [1.29, 1.82) is 0 Å². The third kappa shape index (κ3) is 4.73. The van der Waals surface area contributed by atoms with Gasteiger partial charge in [0, 0.05) is 21.3 Å². The molecule has 0 heterocycles. The van der Waals surface area contributed by atoms with Gasteiger partial charge in [-0.25, -0.2) is 0 Å². The number of rotatable bonds is 6. The van der Waals surface area contributed by atoms with Gasteiger partial charge in [0.15, 0.2) is 0 Å². The third-order valence-electron chi connectivity index (χ3n) is 2.02. The molecule has 13 heavy (non-hydrogen) atoms. The van der Waals surface area contributed by atoms with E-state index in [1.54, 1.807) is 21.3 Å². The van der Waals surface area contributed by atoms with Gasteiger partial charge in [0.1, 0.15) is 0 Å². The summed E-state index contributed by atoms with van der Waals surface area (Å²) in [6.07, 6.45) is 0. The number of quaternary nitrogens is 1. The minimum atomic E-state index is -2.34. The lowest BCUT2D eigenvalue weighted by Crippen LogP contribution is -2.48. The standard InChI is InChI=1S/C8H22NO3Si/c1-9(2,3)7-8-13(10-4,11-5)12-6/h7-8H2,1-6H3/q+1. The molecule has 0 aliphatic heterocycles. The van der Waals surface area contributed by atoms with E-state index in [0.717, 1.165) is 17.1 Å². The summed E-state index contributed by atoms with van der Waals surface area (Å²) < 4.78 is 16.8. The predicted octanol–water partition coefficient (Wildman–Crippen LogP) is 0.571. The molecule has 0 atom stereocenters. The maximum absolute atomic E-state index is 5.32. The summed E-state index contributed by atoms with van der Waals surface area (Å²) >= 11 is 0. The van der Waals surface area contributed by atoms with E-state index in [1.165, 1.54) is 0 Å². The summed E-state index contributed by atoms with van der Waals surface area (Å²) in [6, 6.07) is 0.847. The van der Waals surface area contributed by atoms with Crippen molar-refractivity contribution in [2.45, 2.75) is 6.04 Å². The van der Waals surface area contributed by atoms with Crippen molar-refractivity contribution < 1.29 is 17.8 Å². The largest absolute Gasteiger partial charge is 0.505 e. The Morgan fingerprint density at radius 3 is 1.54 bits per heavy atom. The van der Waals surface area contributed by atoms with Crippen molar-refractivity contribution in [3.8, 4) is 0 Å². The average molecular weight is 208 g/mol. The zero-order valence-corrected chi connectivity index (χ0v) is 10.6. The summed E-state index contributed by atoms with van der Waals surface area (Å²) in [5.74, 6) is 0. The van der Waals surface area contributed by atoms with E-state index in [9.17, 15) is 0 Å². The van der Waals surface area contributed by atoms with Crippen molar-refractivity contribution in [3.05, 3.63) is 0 Å². The Kier molecular flexibility index (Phi) is 5.09. The van der Waals surface area contributed by atoms with Crippen LogP contribution < -0.4 is 0 Å². The van der Waals surface area contributed by atoms with E-state index in [0.29, 0.717) is 0 Å². The fraction of sp³-hybridized carbons (Fsp3) is 1.00. The van der Waals surface area contributed by atoms with E-state index in [-0.39, 0.29) is 0 Å². The SMILES string of the molecule is CO[Si](CC[N+](C)(C)C)(OC)OC. The minimum absolute atomic E-state index is 0.847.